The first-order valence-corrected chi connectivity index (χ1v) is 9.89. The summed E-state index contributed by atoms with van der Waals surface area (Å²) in [4.78, 5) is 11.2. The van der Waals surface area contributed by atoms with E-state index in [1.807, 2.05) is 52.8 Å². The van der Waals surface area contributed by atoms with Crippen LogP contribution in [0, 0.1) is 13.8 Å². The molecular formula is C24H39NO. The van der Waals surface area contributed by atoms with Gasteiger partial charge in [-0.15, -0.1) is 0 Å². The van der Waals surface area contributed by atoms with E-state index < -0.39 is 0 Å². The Bertz CT molecular complexity index is 603. The first-order chi connectivity index (χ1) is 12.5. The van der Waals surface area contributed by atoms with Crippen molar-refractivity contribution in [3.63, 3.8) is 0 Å². The molecule has 0 aliphatic rings. The van der Waals surface area contributed by atoms with E-state index in [9.17, 15) is 4.79 Å². The summed E-state index contributed by atoms with van der Waals surface area (Å²) in [5, 5.41) is 2.89. The van der Waals surface area contributed by atoms with Gasteiger partial charge in [0.15, 0.2) is 0 Å². The highest BCUT2D eigenvalue weighted by molar-refractivity contribution is 5.89. The summed E-state index contributed by atoms with van der Waals surface area (Å²) in [6, 6.07) is 14.6. The first kappa shape index (κ1) is 26.1. The van der Waals surface area contributed by atoms with Gasteiger partial charge in [0.1, 0.15) is 0 Å². The molecule has 0 saturated carbocycles. The number of anilines is 1. The highest BCUT2D eigenvalue weighted by atomic mass is 16.1. The Balaban J connectivity index is 0. The van der Waals surface area contributed by atoms with E-state index in [-0.39, 0.29) is 5.91 Å². The molecular weight excluding hydrogens is 318 g/mol. The second-order valence-corrected chi connectivity index (χ2v) is 5.64. The summed E-state index contributed by atoms with van der Waals surface area (Å²) in [6.07, 6.45) is 2.14. The van der Waals surface area contributed by atoms with Gasteiger partial charge < -0.3 is 5.32 Å². The highest BCUT2D eigenvalue weighted by Crippen LogP contribution is 2.23. The van der Waals surface area contributed by atoms with Crippen molar-refractivity contribution in [3.05, 3.63) is 64.7 Å². The van der Waals surface area contributed by atoms with Crippen molar-refractivity contribution in [1.82, 2.24) is 0 Å². The van der Waals surface area contributed by atoms with Crippen molar-refractivity contribution < 1.29 is 4.79 Å². The molecule has 0 fully saturated rings. The highest BCUT2D eigenvalue weighted by Gasteiger charge is 2.06. The summed E-state index contributed by atoms with van der Waals surface area (Å²) >= 11 is 0. The van der Waals surface area contributed by atoms with Crippen molar-refractivity contribution in [3.8, 4) is 0 Å². The van der Waals surface area contributed by atoms with Crippen LogP contribution in [0.15, 0.2) is 42.5 Å². The molecule has 2 rings (SSSR count). The molecule has 0 aliphatic carbocycles. The monoisotopic (exact) mass is 357 g/mol. The van der Waals surface area contributed by atoms with E-state index in [2.05, 4.69) is 50.4 Å². The molecule has 0 heterocycles. The normalized spacial score (nSPS) is 8.65. The molecule has 0 bridgehead atoms. The van der Waals surface area contributed by atoms with Crippen LogP contribution in [-0.4, -0.2) is 5.91 Å². The third-order valence-electron chi connectivity index (χ3n) is 3.23. The lowest BCUT2D eigenvalue weighted by Gasteiger charge is -2.12. The number of nitrogens with one attached hydrogen (secondary N) is 1. The Morgan fingerprint density at radius 1 is 0.885 bits per heavy atom. The van der Waals surface area contributed by atoms with Gasteiger partial charge in [0.05, 0.1) is 0 Å². The standard InChI is InChI=1S/C17H19NO.C3H8.2C2H6/c1-12-9-13(2)17(18-14(3)19)11-16(12)10-15-7-5-4-6-8-15;1-3-2;2*1-2/h4-9,11H,10H2,1-3H3,(H,18,19);3H2,1-2H3;2*1-2H3. The fraction of sp³-hybridized carbons (Fsp3) is 0.458. The van der Waals surface area contributed by atoms with Gasteiger partial charge in [0.2, 0.25) is 5.91 Å². The summed E-state index contributed by atoms with van der Waals surface area (Å²) in [5.41, 5.74) is 5.80. The van der Waals surface area contributed by atoms with Crippen molar-refractivity contribution in [1.29, 1.82) is 0 Å². The number of hydrogen-bond acceptors (Lipinski definition) is 1. The zero-order valence-electron chi connectivity index (χ0n) is 18.4. The van der Waals surface area contributed by atoms with Gasteiger partial charge in [-0.3, -0.25) is 4.79 Å². The van der Waals surface area contributed by atoms with E-state index >= 15 is 0 Å². The SMILES string of the molecule is CC.CC.CC(=O)Nc1cc(Cc2ccccc2)c(C)cc1C.CCC. The average molecular weight is 358 g/mol. The van der Waals surface area contributed by atoms with Crippen LogP contribution in [0.3, 0.4) is 0 Å². The van der Waals surface area contributed by atoms with Crippen LogP contribution in [0.5, 0.6) is 0 Å². The quantitative estimate of drug-likeness (QED) is 0.612. The van der Waals surface area contributed by atoms with Gasteiger partial charge in [0.25, 0.3) is 0 Å². The van der Waals surface area contributed by atoms with E-state index in [0.717, 1.165) is 17.7 Å². The van der Waals surface area contributed by atoms with Crippen molar-refractivity contribution in [2.75, 3.05) is 5.32 Å². The molecule has 2 aromatic carbocycles. The number of hydrogen-bond donors (Lipinski definition) is 1. The van der Waals surface area contributed by atoms with E-state index in [4.69, 9.17) is 0 Å². The maximum Gasteiger partial charge on any atom is 0.221 e. The molecule has 0 saturated heterocycles. The molecule has 1 N–H and O–H groups in total. The Morgan fingerprint density at radius 3 is 1.85 bits per heavy atom. The predicted octanol–water partition coefficient (Wildman–Crippen LogP) is 7.32. The van der Waals surface area contributed by atoms with Crippen LogP contribution in [0.4, 0.5) is 5.69 Å². The van der Waals surface area contributed by atoms with Gasteiger partial charge in [-0.25, -0.2) is 0 Å². The Kier molecular flexibility index (Phi) is 16.5. The summed E-state index contributed by atoms with van der Waals surface area (Å²) in [7, 11) is 0. The Hall–Kier alpha value is -2.09. The minimum atomic E-state index is -0.0300. The lowest BCUT2D eigenvalue weighted by Crippen LogP contribution is -2.08. The van der Waals surface area contributed by atoms with Crippen LogP contribution < -0.4 is 5.32 Å². The largest absolute Gasteiger partial charge is 0.326 e. The lowest BCUT2D eigenvalue weighted by molar-refractivity contribution is -0.114. The van der Waals surface area contributed by atoms with Gasteiger partial charge >= 0.3 is 0 Å². The molecule has 146 valence electrons. The second kappa shape index (κ2) is 16.4. The van der Waals surface area contributed by atoms with Crippen molar-refractivity contribution >= 4 is 11.6 Å². The van der Waals surface area contributed by atoms with Crippen LogP contribution >= 0.6 is 0 Å². The van der Waals surface area contributed by atoms with Gasteiger partial charge in [0, 0.05) is 12.6 Å². The molecule has 0 spiro atoms. The van der Waals surface area contributed by atoms with Gasteiger partial charge in [-0.05, 0) is 48.6 Å². The number of amides is 1. The lowest BCUT2D eigenvalue weighted by atomic mass is 9.97. The molecule has 2 aromatic rings. The molecule has 0 radical (unpaired) electrons. The zero-order valence-corrected chi connectivity index (χ0v) is 18.4. The summed E-state index contributed by atoms with van der Waals surface area (Å²) in [6.45, 7) is 17.9. The van der Waals surface area contributed by atoms with E-state index in [0.29, 0.717) is 0 Å². The maximum atomic E-state index is 11.2. The third-order valence-corrected chi connectivity index (χ3v) is 3.23. The number of benzene rings is 2. The fourth-order valence-electron chi connectivity index (χ4n) is 2.23. The molecule has 26 heavy (non-hydrogen) atoms. The number of aryl methyl sites for hydroxylation is 2. The maximum absolute atomic E-state index is 11.2. The van der Waals surface area contributed by atoms with Crippen LogP contribution in [0.2, 0.25) is 0 Å². The van der Waals surface area contributed by atoms with Gasteiger partial charge in [-0.2, -0.15) is 0 Å². The smallest absolute Gasteiger partial charge is 0.221 e. The Morgan fingerprint density at radius 2 is 1.38 bits per heavy atom. The minimum absolute atomic E-state index is 0.0300. The third kappa shape index (κ3) is 10.7. The molecule has 0 atom stereocenters. The van der Waals surface area contributed by atoms with Crippen LogP contribution in [0.1, 0.15) is 77.1 Å². The van der Waals surface area contributed by atoms with E-state index in [1.54, 1.807) is 0 Å². The van der Waals surface area contributed by atoms with Gasteiger partial charge in [-0.1, -0.05) is 84.4 Å². The number of carbonyl (C=O) groups is 1. The zero-order chi connectivity index (χ0) is 20.5. The second-order valence-electron chi connectivity index (χ2n) is 5.64. The van der Waals surface area contributed by atoms with E-state index in [1.165, 1.54) is 30.0 Å². The molecule has 1 amide bonds. The topological polar surface area (TPSA) is 29.1 Å². The van der Waals surface area contributed by atoms with Crippen molar-refractivity contribution in [2.45, 2.75) is 75.2 Å². The minimum Gasteiger partial charge on any atom is -0.326 e. The summed E-state index contributed by atoms with van der Waals surface area (Å²) in [5.74, 6) is -0.0300. The predicted molar refractivity (Wildman–Crippen MR) is 118 cm³/mol. The molecule has 0 aromatic heterocycles. The molecule has 0 unspecified atom stereocenters. The number of rotatable bonds is 3. The first-order valence-electron chi connectivity index (χ1n) is 9.89. The average Bonchev–Trinajstić information content (AvgIpc) is 2.64. The fourth-order valence-corrected chi connectivity index (χ4v) is 2.23. The molecule has 0 aliphatic heterocycles. The summed E-state index contributed by atoms with van der Waals surface area (Å²) < 4.78 is 0. The van der Waals surface area contributed by atoms with Crippen LogP contribution in [0.25, 0.3) is 0 Å². The Labute approximate surface area is 162 Å². The van der Waals surface area contributed by atoms with Crippen LogP contribution in [-0.2, 0) is 11.2 Å². The van der Waals surface area contributed by atoms with Crippen molar-refractivity contribution in [2.24, 2.45) is 0 Å². The molecule has 2 nitrogen and oxygen atoms in total. The molecule has 2 heteroatoms. The number of carbonyl (C=O) groups excluding carboxylic acids is 1.